The number of carbonyl (C=O) groups is 5. The van der Waals surface area contributed by atoms with Gasteiger partial charge in [-0.25, -0.2) is 15.2 Å². The molecule has 3 fully saturated rings. The smallest absolute Gasteiger partial charge is 0.324 e. The molecule has 0 saturated carbocycles. The number of esters is 1. The first-order valence-electron chi connectivity index (χ1n) is 23.4. The van der Waals surface area contributed by atoms with Gasteiger partial charge in [-0.2, -0.15) is 0 Å². The van der Waals surface area contributed by atoms with Crippen molar-refractivity contribution in [2.24, 2.45) is 16.7 Å². The molecule has 8 rings (SSSR count). The molecule has 17 heteroatoms. The molecule has 0 aliphatic carbocycles. The molecule has 1 aromatic carbocycles. The zero-order chi connectivity index (χ0) is 47.2. The average Bonchev–Trinajstić information content (AvgIpc) is 4.09. The molecule has 3 saturated heterocycles. The number of methoxy groups -OCH3 is 1. The molecule has 4 aliphatic heterocycles. The number of urea groups is 1. The zero-order valence-electron chi connectivity index (χ0n) is 39.8. The topological polar surface area (TPSA) is 172 Å². The summed E-state index contributed by atoms with van der Waals surface area (Å²) in [5.41, 5.74) is 8.70. The Hall–Kier alpha value is -5.39. The highest BCUT2D eigenvalue weighted by atomic mass is 32.1. The maximum absolute atomic E-state index is 14.7. The number of nitrogens with zero attached hydrogens (tertiary/aromatic N) is 7. The van der Waals surface area contributed by atoms with E-state index in [-0.39, 0.29) is 37.0 Å². The van der Waals surface area contributed by atoms with E-state index in [1.165, 1.54) is 21.2 Å². The van der Waals surface area contributed by atoms with Crippen molar-refractivity contribution in [3.05, 3.63) is 58.2 Å². The summed E-state index contributed by atoms with van der Waals surface area (Å²) in [5, 5.41) is 8.13. The molecule has 5 atom stereocenters. The molecule has 1 spiro atoms. The van der Waals surface area contributed by atoms with Crippen LogP contribution < -0.4 is 10.7 Å². The number of thiazole rings is 1. The number of hydrogen-bond acceptors (Lipinski definition) is 11. The number of fused-ring (bicyclic) bond motifs is 6. The summed E-state index contributed by atoms with van der Waals surface area (Å²) in [6.07, 6.45) is 4.48. The maximum Gasteiger partial charge on any atom is 0.324 e. The molecular weight excluding hydrogens is 859 g/mol. The lowest BCUT2D eigenvalue weighted by molar-refractivity contribution is -0.155. The van der Waals surface area contributed by atoms with E-state index < -0.39 is 46.7 Å². The summed E-state index contributed by atoms with van der Waals surface area (Å²) in [7, 11) is 5.09. The molecule has 0 radical (unpaired) electrons. The second kappa shape index (κ2) is 18.7. The van der Waals surface area contributed by atoms with Crippen LogP contribution in [0.2, 0.25) is 0 Å². The standard InChI is InChI=1S/C49H65N9O7S/c1-10-57-38-16-15-31-23-33(38)34(42(57)32-13-11-19-50-40(32)30(4)64-9)25-48(5,6)28-65-45(61)35-14-12-20-58(53-35)44(60)36(24-39-51-37(31)26-66-39)52-43(59)41(29(2)3)55(8)47(63)56-22-18-49(27-56)17-21-54(7)46(49)62/h11,13,15-16,19,23,26,29-30,35-36,41,53H,10,12,14,17-18,20-22,24-25,27-28H2,1-9H3,(H,52,59)/t30-,35-,36-,41?,49+/m0/s1. The lowest BCUT2D eigenvalue weighted by Crippen LogP contribution is -2.62. The number of aromatic nitrogens is 3. The summed E-state index contributed by atoms with van der Waals surface area (Å²) < 4.78 is 14.2. The number of likely N-dealkylation sites (N-methyl/N-ethyl adjacent to an activating group) is 1. The molecule has 4 aromatic rings. The first kappa shape index (κ1) is 47.1. The van der Waals surface area contributed by atoms with Gasteiger partial charge in [0, 0.05) is 99.4 Å². The first-order chi connectivity index (χ1) is 31.5. The van der Waals surface area contributed by atoms with Gasteiger partial charge in [-0.15, -0.1) is 11.3 Å². The molecule has 2 N–H and O–H groups in total. The van der Waals surface area contributed by atoms with Gasteiger partial charge in [-0.05, 0) is 81.7 Å². The highest BCUT2D eigenvalue weighted by Crippen LogP contribution is 2.43. The number of nitrogens with one attached hydrogen (secondary N) is 2. The van der Waals surface area contributed by atoms with E-state index >= 15 is 0 Å². The van der Waals surface area contributed by atoms with Gasteiger partial charge < -0.3 is 34.1 Å². The molecule has 66 heavy (non-hydrogen) atoms. The van der Waals surface area contributed by atoms with E-state index in [0.29, 0.717) is 69.8 Å². The molecule has 7 heterocycles. The molecule has 5 amide bonds. The number of benzene rings is 1. The SMILES string of the molecule is CCn1c(-c2cccnc2[C@H](C)OC)c2c3cc(ccc31)-c1csc(n1)C[C@H](NC(=O)C(C(C)C)N(C)C(=O)N1CC[C@]3(CCN(C)C3=O)C1)C(=O)N1CCC[C@H](N1)C(=O)OCC(C)(C)C2. The van der Waals surface area contributed by atoms with Crippen LogP contribution in [-0.2, 0) is 48.0 Å². The van der Waals surface area contributed by atoms with Crippen LogP contribution in [0.25, 0.3) is 33.4 Å². The van der Waals surface area contributed by atoms with Crippen molar-refractivity contribution < 1.29 is 33.4 Å². The van der Waals surface area contributed by atoms with Crippen molar-refractivity contribution in [1.29, 1.82) is 0 Å². The Bertz CT molecular complexity index is 2520. The molecule has 1 unspecified atom stereocenters. The van der Waals surface area contributed by atoms with E-state index in [1.807, 2.05) is 32.2 Å². The number of pyridine rings is 1. The van der Waals surface area contributed by atoms with Crippen molar-refractivity contribution in [3.63, 3.8) is 0 Å². The van der Waals surface area contributed by atoms with E-state index in [1.54, 1.807) is 37.2 Å². The third-order valence-electron chi connectivity index (χ3n) is 14.1. The van der Waals surface area contributed by atoms with Crippen molar-refractivity contribution in [1.82, 2.24) is 45.0 Å². The molecule has 4 aliphatic rings. The van der Waals surface area contributed by atoms with Gasteiger partial charge in [0.15, 0.2) is 0 Å². The molecule has 6 bridgehead atoms. The van der Waals surface area contributed by atoms with Gasteiger partial charge in [-0.1, -0.05) is 33.8 Å². The Morgan fingerprint density at radius 3 is 2.59 bits per heavy atom. The number of likely N-dealkylation sites (tertiary alicyclic amines) is 2. The number of aryl methyl sites for hydroxylation is 1. The van der Waals surface area contributed by atoms with Crippen LogP contribution in [0.15, 0.2) is 41.9 Å². The highest BCUT2D eigenvalue weighted by Gasteiger charge is 2.51. The van der Waals surface area contributed by atoms with Crippen LogP contribution in [0.1, 0.15) is 89.6 Å². The van der Waals surface area contributed by atoms with Gasteiger partial charge in [0.05, 0.1) is 40.2 Å². The molecule has 16 nitrogen and oxygen atoms in total. The fourth-order valence-electron chi connectivity index (χ4n) is 10.5. The molecule has 354 valence electrons. The van der Waals surface area contributed by atoms with Crippen LogP contribution in [0, 0.1) is 16.7 Å². The van der Waals surface area contributed by atoms with Gasteiger partial charge in [-0.3, -0.25) is 29.2 Å². The predicted octanol–water partition coefficient (Wildman–Crippen LogP) is 5.83. The van der Waals surface area contributed by atoms with Crippen LogP contribution in [0.3, 0.4) is 0 Å². The fourth-order valence-corrected chi connectivity index (χ4v) is 11.3. The van der Waals surface area contributed by atoms with Crippen molar-refractivity contribution in [3.8, 4) is 22.5 Å². The Morgan fingerprint density at radius 1 is 1.11 bits per heavy atom. The maximum atomic E-state index is 14.7. The highest BCUT2D eigenvalue weighted by molar-refractivity contribution is 7.10. The van der Waals surface area contributed by atoms with Crippen LogP contribution in [0.4, 0.5) is 4.79 Å². The summed E-state index contributed by atoms with van der Waals surface area (Å²) in [4.78, 5) is 85.0. The summed E-state index contributed by atoms with van der Waals surface area (Å²) in [5.74, 6) is -1.61. The molecular formula is C49H65N9O7S. The Morgan fingerprint density at radius 2 is 1.88 bits per heavy atom. The molecule has 3 aromatic heterocycles. The number of carbonyl (C=O) groups excluding carboxylic acids is 5. The first-order valence-corrected chi connectivity index (χ1v) is 24.2. The number of hydrogen-bond donors (Lipinski definition) is 2. The second-order valence-corrected chi connectivity index (χ2v) is 20.7. The minimum absolute atomic E-state index is 0.0570. The lowest BCUT2D eigenvalue weighted by atomic mass is 9.84. The van der Waals surface area contributed by atoms with Gasteiger partial charge in [0.1, 0.15) is 18.1 Å². The van der Waals surface area contributed by atoms with E-state index in [4.69, 9.17) is 19.4 Å². The number of rotatable bonds is 8. The number of amides is 5. The lowest BCUT2D eigenvalue weighted by Gasteiger charge is -2.37. The third-order valence-corrected chi connectivity index (χ3v) is 15.0. The van der Waals surface area contributed by atoms with Crippen LogP contribution in [0.5, 0.6) is 0 Å². The Labute approximate surface area is 391 Å². The summed E-state index contributed by atoms with van der Waals surface area (Å²) in [6, 6.07) is 7.29. The number of hydrazine groups is 1. The van der Waals surface area contributed by atoms with Gasteiger partial charge in [0.2, 0.25) is 11.8 Å². The summed E-state index contributed by atoms with van der Waals surface area (Å²) in [6.45, 7) is 14.6. The zero-order valence-corrected chi connectivity index (χ0v) is 40.6. The van der Waals surface area contributed by atoms with Gasteiger partial charge >= 0.3 is 12.0 Å². The van der Waals surface area contributed by atoms with Gasteiger partial charge in [0.25, 0.3) is 5.91 Å². The number of ether oxygens (including phenoxy) is 2. The second-order valence-electron chi connectivity index (χ2n) is 19.8. The minimum Gasteiger partial charge on any atom is -0.464 e. The number of cyclic esters (lactones) is 1. The monoisotopic (exact) mass is 923 g/mol. The predicted molar refractivity (Wildman–Crippen MR) is 252 cm³/mol. The van der Waals surface area contributed by atoms with E-state index in [9.17, 15) is 24.0 Å². The normalized spacial score (nSPS) is 23.4. The largest absolute Gasteiger partial charge is 0.464 e. The van der Waals surface area contributed by atoms with Crippen molar-refractivity contribution >= 4 is 52.0 Å². The quantitative estimate of drug-likeness (QED) is 0.205. The van der Waals surface area contributed by atoms with Crippen LogP contribution in [-0.4, -0.2) is 136 Å². The van der Waals surface area contributed by atoms with E-state index in [0.717, 1.165) is 44.7 Å². The minimum atomic E-state index is -1.08. The summed E-state index contributed by atoms with van der Waals surface area (Å²) >= 11 is 1.41. The van der Waals surface area contributed by atoms with Crippen molar-refractivity contribution in [2.45, 2.75) is 111 Å². The van der Waals surface area contributed by atoms with Crippen molar-refractivity contribution in [2.75, 3.05) is 54.0 Å². The Balaban J connectivity index is 1.15. The Kier molecular flexibility index (Phi) is 13.4. The average molecular weight is 924 g/mol. The van der Waals surface area contributed by atoms with Crippen LogP contribution >= 0.6 is 11.3 Å². The van der Waals surface area contributed by atoms with E-state index in [2.05, 4.69) is 60.3 Å². The third kappa shape index (κ3) is 8.93. The fraction of sp³-hybridized carbons (Fsp3) is 0.571.